The van der Waals surface area contributed by atoms with Gasteiger partial charge < -0.3 is 10.6 Å². The fraction of sp³-hybridized carbons (Fsp3) is 0.312. The van der Waals surface area contributed by atoms with E-state index in [-0.39, 0.29) is 11.8 Å². The van der Waals surface area contributed by atoms with E-state index < -0.39 is 0 Å². The molecular formula is C16H17ClN4O2. The highest BCUT2D eigenvalue weighted by Crippen LogP contribution is 2.38. The molecular weight excluding hydrogens is 316 g/mol. The molecule has 1 aromatic heterocycles. The summed E-state index contributed by atoms with van der Waals surface area (Å²) in [4.78, 5) is 23.8. The van der Waals surface area contributed by atoms with Gasteiger partial charge in [-0.05, 0) is 43.2 Å². The van der Waals surface area contributed by atoms with Gasteiger partial charge in [0.2, 0.25) is 0 Å². The van der Waals surface area contributed by atoms with Crippen molar-refractivity contribution < 1.29 is 9.59 Å². The summed E-state index contributed by atoms with van der Waals surface area (Å²) < 4.78 is 0. The zero-order valence-corrected chi connectivity index (χ0v) is 13.2. The number of halogens is 1. The Labute approximate surface area is 138 Å². The van der Waals surface area contributed by atoms with E-state index >= 15 is 0 Å². The fourth-order valence-corrected chi connectivity index (χ4v) is 2.33. The van der Waals surface area contributed by atoms with Crippen molar-refractivity contribution in [3.05, 3.63) is 52.3 Å². The zero-order chi connectivity index (χ0) is 16.2. The average Bonchev–Trinajstić information content (AvgIpc) is 3.29. The van der Waals surface area contributed by atoms with Crippen LogP contribution < -0.4 is 10.6 Å². The predicted molar refractivity (Wildman–Crippen MR) is 86.7 cm³/mol. The van der Waals surface area contributed by atoms with E-state index in [4.69, 9.17) is 11.6 Å². The van der Waals surface area contributed by atoms with Crippen molar-refractivity contribution in [1.29, 1.82) is 0 Å². The van der Waals surface area contributed by atoms with E-state index in [2.05, 4.69) is 20.8 Å². The summed E-state index contributed by atoms with van der Waals surface area (Å²) in [7, 11) is 0. The van der Waals surface area contributed by atoms with E-state index in [0.717, 1.165) is 18.5 Å². The summed E-state index contributed by atoms with van der Waals surface area (Å²) in [6.45, 7) is 0.677. The fourth-order valence-electron chi connectivity index (χ4n) is 2.20. The standard InChI is InChI=1S/C16H17ClN4O2/c17-12-5-3-11(4-6-12)15(22)18-7-8-19-16(23)14-9-13(20-21-14)10-1-2-10/h3-6,9-10H,1-2,7-8H2,(H,18,22)(H,19,23)(H,20,21). The number of carbonyl (C=O) groups is 2. The van der Waals surface area contributed by atoms with Gasteiger partial charge in [-0.3, -0.25) is 14.7 Å². The minimum Gasteiger partial charge on any atom is -0.350 e. The van der Waals surface area contributed by atoms with Crippen molar-refractivity contribution in [3.63, 3.8) is 0 Å². The first-order valence-corrected chi connectivity index (χ1v) is 7.88. The van der Waals surface area contributed by atoms with Crippen molar-refractivity contribution in [1.82, 2.24) is 20.8 Å². The predicted octanol–water partition coefficient (Wildman–Crippen LogP) is 2.10. The van der Waals surface area contributed by atoms with Crippen molar-refractivity contribution in [2.75, 3.05) is 13.1 Å². The first-order valence-electron chi connectivity index (χ1n) is 7.51. The number of nitrogens with one attached hydrogen (secondary N) is 3. The van der Waals surface area contributed by atoms with E-state index in [1.807, 2.05) is 0 Å². The molecule has 6 nitrogen and oxygen atoms in total. The second kappa shape index (κ2) is 6.83. The summed E-state index contributed by atoms with van der Waals surface area (Å²) in [6.07, 6.45) is 2.31. The second-order valence-electron chi connectivity index (χ2n) is 5.50. The molecule has 1 saturated carbocycles. The first kappa shape index (κ1) is 15.6. The number of rotatable bonds is 6. The summed E-state index contributed by atoms with van der Waals surface area (Å²) in [5.74, 6) is 0.0864. The smallest absolute Gasteiger partial charge is 0.271 e. The van der Waals surface area contributed by atoms with Crippen LogP contribution in [0, 0.1) is 0 Å². The highest BCUT2D eigenvalue weighted by atomic mass is 35.5. The minimum atomic E-state index is -0.242. The lowest BCUT2D eigenvalue weighted by molar-refractivity contribution is 0.0925. The van der Waals surface area contributed by atoms with Gasteiger partial charge >= 0.3 is 0 Å². The molecule has 1 aliphatic rings. The normalized spacial score (nSPS) is 13.6. The molecule has 0 atom stereocenters. The summed E-state index contributed by atoms with van der Waals surface area (Å²) in [5, 5.41) is 12.9. The van der Waals surface area contributed by atoms with Crippen LogP contribution in [0.15, 0.2) is 30.3 Å². The number of hydrogen-bond donors (Lipinski definition) is 3. The van der Waals surface area contributed by atoms with Crippen LogP contribution >= 0.6 is 11.6 Å². The number of aromatic amines is 1. The van der Waals surface area contributed by atoms with Gasteiger partial charge in [-0.1, -0.05) is 11.6 Å². The number of carbonyl (C=O) groups excluding carboxylic acids is 2. The van der Waals surface area contributed by atoms with Crippen LogP contribution in [0.5, 0.6) is 0 Å². The summed E-state index contributed by atoms with van der Waals surface area (Å²) in [5.41, 5.74) is 1.93. The SMILES string of the molecule is O=C(NCCNC(=O)c1cc(C2CC2)[nH]n1)c1ccc(Cl)cc1. The summed E-state index contributed by atoms with van der Waals surface area (Å²) in [6, 6.07) is 8.42. The number of amides is 2. The maximum atomic E-state index is 11.9. The molecule has 120 valence electrons. The Hall–Kier alpha value is -2.34. The Morgan fingerprint density at radius 2 is 1.78 bits per heavy atom. The van der Waals surface area contributed by atoms with Gasteiger partial charge in [0.15, 0.2) is 0 Å². The third-order valence-corrected chi connectivity index (χ3v) is 3.90. The minimum absolute atomic E-state index is 0.202. The van der Waals surface area contributed by atoms with Gasteiger partial charge in [0.25, 0.3) is 11.8 Å². The van der Waals surface area contributed by atoms with Gasteiger partial charge in [0, 0.05) is 35.3 Å². The Morgan fingerprint density at radius 1 is 1.13 bits per heavy atom. The topological polar surface area (TPSA) is 86.9 Å². The van der Waals surface area contributed by atoms with Crippen molar-refractivity contribution >= 4 is 23.4 Å². The third-order valence-electron chi connectivity index (χ3n) is 3.65. The molecule has 0 radical (unpaired) electrons. The monoisotopic (exact) mass is 332 g/mol. The van der Waals surface area contributed by atoms with Crippen molar-refractivity contribution in [2.45, 2.75) is 18.8 Å². The second-order valence-corrected chi connectivity index (χ2v) is 5.94. The zero-order valence-electron chi connectivity index (χ0n) is 12.4. The molecule has 3 N–H and O–H groups in total. The molecule has 0 aliphatic heterocycles. The number of H-pyrrole nitrogens is 1. The lowest BCUT2D eigenvalue weighted by Gasteiger charge is -2.06. The lowest BCUT2D eigenvalue weighted by atomic mass is 10.2. The molecule has 3 rings (SSSR count). The summed E-state index contributed by atoms with van der Waals surface area (Å²) >= 11 is 5.77. The number of hydrogen-bond acceptors (Lipinski definition) is 3. The molecule has 7 heteroatoms. The van der Waals surface area contributed by atoms with Gasteiger partial charge in [-0.25, -0.2) is 0 Å². The van der Waals surface area contributed by atoms with Crippen LogP contribution in [0.25, 0.3) is 0 Å². The Morgan fingerprint density at radius 3 is 2.43 bits per heavy atom. The molecule has 0 saturated heterocycles. The van der Waals surface area contributed by atoms with Crippen molar-refractivity contribution in [3.8, 4) is 0 Å². The van der Waals surface area contributed by atoms with Gasteiger partial charge in [-0.15, -0.1) is 0 Å². The molecule has 0 bridgehead atoms. The van der Waals surface area contributed by atoms with E-state index in [0.29, 0.717) is 35.3 Å². The van der Waals surface area contributed by atoms with Crippen LogP contribution in [0.3, 0.4) is 0 Å². The highest BCUT2D eigenvalue weighted by Gasteiger charge is 2.26. The maximum Gasteiger partial charge on any atom is 0.271 e. The third kappa shape index (κ3) is 4.10. The van der Waals surface area contributed by atoms with Gasteiger partial charge in [0.05, 0.1) is 0 Å². The molecule has 0 unspecified atom stereocenters. The van der Waals surface area contributed by atoms with E-state index in [1.165, 1.54) is 0 Å². The molecule has 1 fully saturated rings. The molecule has 1 aromatic carbocycles. The van der Waals surface area contributed by atoms with Crippen molar-refractivity contribution in [2.24, 2.45) is 0 Å². The highest BCUT2D eigenvalue weighted by molar-refractivity contribution is 6.30. The quantitative estimate of drug-likeness (QED) is 0.708. The Balaban J connectivity index is 1.41. The molecule has 2 amide bonds. The number of nitrogens with zero attached hydrogens (tertiary/aromatic N) is 1. The number of benzene rings is 1. The lowest BCUT2D eigenvalue weighted by Crippen LogP contribution is -2.34. The van der Waals surface area contributed by atoms with E-state index in [1.54, 1.807) is 30.3 Å². The molecule has 23 heavy (non-hydrogen) atoms. The molecule has 0 spiro atoms. The Bertz CT molecular complexity index is 707. The van der Waals surface area contributed by atoms with Crippen LogP contribution in [-0.2, 0) is 0 Å². The van der Waals surface area contributed by atoms with Gasteiger partial charge in [-0.2, -0.15) is 5.10 Å². The van der Waals surface area contributed by atoms with Crippen LogP contribution in [-0.4, -0.2) is 35.1 Å². The van der Waals surface area contributed by atoms with Crippen LogP contribution in [0.4, 0.5) is 0 Å². The van der Waals surface area contributed by atoms with Gasteiger partial charge in [0.1, 0.15) is 5.69 Å². The first-order chi connectivity index (χ1) is 11.1. The van der Waals surface area contributed by atoms with Crippen LogP contribution in [0.2, 0.25) is 5.02 Å². The maximum absolute atomic E-state index is 11.9. The molecule has 1 aliphatic carbocycles. The average molecular weight is 333 g/mol. The Kier molecular flexibility index (Phi) is 4.62. The van der Waals surface area contributed by atoms with Crippen LogP contribution in [0.1, 0.15) is 45.3 Å². The molecule has 2 aromatic rings. The number of aromatic nitrogens is 2. The van der Waals surface area contributed by atoms with E-state index in [9.17, 15) is 9.59 Å². The molecule has 1 heterocycles. The largest absolute Gasteiger partial charge is 0.350 e.